The van der Waals surface area contributed by atoms with E-state index in [0.29, 0.717) is 0 Å². The highest BCUT2D eigenvalue weighted by Gasteiger charge is 2.41. The number of para-hydroxylation sites is 1. The summed E-state index contributed by atoms with van der Waals surface area (Å²) in [4.78, 5) is 9.17. The summed E-state index contributed by atoms with van der Waals surface area (Å²) in [7, 11) is 4.19. The smallest absolute Gasteiger partial charge is 0.170 e. The molecule has 2 atom stereocenters. The lowest BCUT2D eigenvalue weighted by molar-refractivity contribution is 0.277. The van der Waals surface area contributed by atoms with E-state index in [4.69, 9.17) is 12.2 Å². The second-order valence-corrected chi connectivity index (χ2v) is 8.51. The maximum Gasteiger partial charge on any atom is 0.170 e. The summed E-state index contributed by atoms with van der Waals surface area (Å²) >= 11 is 5.78. The van der Waals surface area contributed by atoms with Crippen molar-refractivity contribution in [2.24, 2.45) is 0 Å². The Kier molecular flexibility index (Phi) is 5.88. The Balaban J connectivity index is 1.80. The third-order valence-electron chi connectivity index (χ3n) is 5.79. The number of thiocarbonyl (C=S) groups is 1. The van der Waals surface area contributed by atoms with Gasteiger partial charge in [0.25, 0.3) is 0 Å². The van der Waals surface area contributed by atoms with Crippen molar-refractivity contribution in [2.75, 3.05) is 27.2 Å². The minimum Gasteiger partial charge on any atom is -0.352 e. The maximum atomic E-state index is 5.78. The molecule has 156 valence electrons. The minimum absolute atomic E-state index is 0.0191. The van der Waals surface area contributed by atoms with E-state index in [1.807, 2.05) is 18.3 Å². The van der Waals surface area contributed by atoms with Crippen molar-refractivity contribution in [2.45, 2.75) is 25.9 Å². The third-order valence-corrected chi connectivity index (χ3v) is 6.14. The van der Waals surface area contributed by atoms with E-state index in [0.717, 1.165) is 23.9 Å². The monoisotopic (exact) mass is 419 g/mol. The lowest BCUT2D eigenvalue weighted by Gasteiger charge is -2.29. The van der Waals surface area contributed by atoms with Gasteiger partial charge in [0.15, 0.2) is 5.11 Å². The summed E-state index contributed by atoms with van der Waals surface area (Å²) in [6, 6.07) is 19.0. The quantitative estimate of drug-likeness (QED) is 0.611. The molecule has 1 saturated heterocycles. The molecule has 5 nitrogen and oxygen atoms in total. The van der Waals surface area contributed by atoms with Crippen LogP contribution >= 0.6 is 12.2 Å². The van der Waals surface area contributed by atoms with Gasteiger partial charge in [-0.05, 0) is 76.1 Å². The largest absolute Gasteiger partial charge is 0.352 e. The summed E-state index contributed by atoms with van der Waals surface area (Å²) in [5, 5.41) is 4.35. The molecule has 3 heterocycles. The van der Waals surface area contributed by atoms with E-state index in [9.17, 15) is 0 Å². The first kappa shape index (κ1) is 20.6. The average molecular weight is 420 g/mol. The van der Waals surface area contributed by atoms with Crippen LogP contribution in [-0.2, 0) is 0 Å². The summed E-state index contributed by atoms with van der Waals surface area (Å²) < 4.78 is 2.33. The van der Waals surface area contributed by atoms with Crippen LogP contribution in [0.3, 0.4) is 0 Å². The molecule has 0 aliphatic carbocycles. The fraction of sp³-hybridized carbons (Fsp3) is 0.333. The van der Waals surface area contributed by atoms with Gasteiger partial charge in [-0.15, -0.1) is 0 Å². The van der Waals surface area contributed by atoms with Crippen molar-refractivity contribution >= 4 is 17.3 Å². The van der Waals surface area contributed by atoms with Crippen molar-refractivity contribution < 1.29 is 0 Å². The highest BCUT2D eigenvalue weighted by Crippen LogP contribution is 2.41. The Morgan fingerprint density at radius 2 is 1.80 bits per heavy atom. The molecule has 3 aromatic rings. The zero-order valence-corrected chi connectivity index (χ0v) is 18.9. The number of rotatable bonds is 6. The molecule has 1 aliphatic heterocycles. The fourth-order valence-electron chi connectivity index (χ4n) is 4.35. The molecule has 0 spiro atoms. The van der Waals surface area contributed by atoms with Crippen LogP contribution in [0.4, 0.5) is 0 Å². The average Bonchev–Trinajstić information content (AvgIpc) is 3.22. The third kappa shape index (κ3) is 3.85. The molecule has 0 unspecified atom stereocenters. The van der Waals surface area contributed by atoms with Gasteiger partial charge in [-0.2, -0.15) is 0 Å². The van der Waals surface area contributed by atoms with Gasteiger partial charge < -0.3 is 19.7 Å². The molecule has 1 fully saturated rings. The van der Waals surface area contributed by atoms with E-state index in [1.165, 1.54) is 22.6 Å². The number of aromatic nitrogens is 2. The van der Waals surface area contributed by atoms with E-state index in [-0.39, 0.29) is 12.1 Å². The molecular weight excluding hydrogens is 390 g/mol. The van der Waals surface area contributed by atoms with Gasteiger partial charge in [0, 0.05) is 36.4 Å². The molecular formula is C24H29N5S. The number of pyridine rings is 1. The Labute approximate surface area is 184 Å². The molecule has 2 aromatic heterocycles. The molecule has 30 heavy (non-hydrogen) atoms. The second-order valence-electron chi connectivity index (χ2n) is 8.12. The number of aryl methyl sites for hydroxylation is 1. The topological polar surface area (TPSA) is 36.3 Å². The van der Waals surface area contributed by atoms with Crippen molar-refractivity contribution in [1.29, 1.82) is 0 Å². The zero-order chi connectivity index (χ0) is 21.3. The first-order valence-corrected chi connectivity index (χ1v) is 10.7. The van der Waals surface area contributed by atoms with Gasteiger partial charge >= 0.3 is 0 Å². The lowest BCUT2D eigenvalue weighted by atomic mass is 9.97. The Hall–Kier alpha value is -2.70. The number of likely N-dealkylation sites (N-methyl/N-ethyl adjacent to an activating group) is 1. The SMILES string of the molecule is Cc1cc([C@H]2[C@@H](c3ccccn3)NC(=S)N2CCN(C)C)c(C)n1-c1ccccc1. The van der Waals surface area contributed by atoms with Gasteiger partial charge in [-0.1, -0.05) is 24.3 Å². The molecule has 0 bridgehead atoms. The van der Waals surface area contributed by atoms with Gasteiger partial charge in [0.05, 0.1) is 17.8 Å². The zero-order valence-electron chi connectivity index (χ0n) is 18.0. The predicted octanol–water partition coefficient (Wildman–Crippen LogP) is 4.02. The van der Waals surface area contributed by atoms with E-state index < -0.39 is 0 Å². The normalized spacial score (nSPS) is 18.8. The van der Waals surface area contributed by atoms with Crippen molar-refractivity contribution in [3.63, 3.8) is 0 Å². The molecule has 4 rings (SSSR count). The van der Waals surface area contributed by atoms with Crippen LogP contribution in [0.2, 0.25) is 0 Å². The highest BCUT2D eigenvalue weighted by molar-refractivity contribution is 7.80. The molecule has 0 saturated carbocycles. The minimum atomic E-state index is 0.0191. The van der Waals surface area contributed by atoms with Gasteiger partial charge in [-0.3, -0.25) is 4.98 Å². The van der Waals surface area contributed by atoms with Gasteiger partial charge in [0.1, 0.15) is 0 Å². The van der Waals surface area contributed by atoms with Crippen LogP contribution in [0.15, 0.2) is 60.8 Å². The molecule has 0 radical (unpaired) electrons. The van der Waals surface area contributed by atoms with Crippen LogP contribution in [0.5, 0.6) is 0 Å². The summed E-state index contributed by atoms with van der Waals surface area (Å²) in [6.45, 7) is 6.17. The summed E-state index contributed by atoms with van der Waals surface area (Å²) in [6.07, 6.45) is 1.85. The van der Waals surface area contributed by atoms with Crippen LogP contribution in [0.1, 0.15) is 34.7 Å². The number of nitrogens with zero attached hydrogens (tertiary/aromatic N) is 4. The van der Waals surface area contributed by atoms with E-state index in [1.54, 1.807) is 0 Å². The van der Waals surface area contributed by atoms with Crippen LogP contribution < -0.4 is 5.32 Å². The first-order chi connectivity index (χ1) is 14.5. The Bertz CT molecular complexity index is 1010. The number of hydrogen-bond acceptors (Lipinski definition) is 3. The maximum absolute atomic E-state index is 5.78. The van der Waals surface area contributed by atoms with E-state index >= 15 is 0 Å². The van der Waals surface area contributed by atoms with Crippen molar-refractivity contribution in [1.82, 2.24) is 24.7 Å². The first-order valence-electron chi connectivity index (χ1n) is 10.3. The van der Waals surface area contributed by atoms with Crippen molar-refractivity contribution in [3.05, 3.63) is 83.4 Å². The Morgan fingerprint density at radius 1 is 1.07 bits per heavy atom. The lowest BCUT2D eigenvalue weighted by Crippen LogP contribution is -2.35. The molecule has 0 amide bonds. The Morgan fingerprint density at radius 3 is 2.47 bits per heavy atom. The molecule has 1 aromatic carbocycles. The summed E-state index contributed by atoms with van der Waals surface area (Å²) in [5.74, 6) is 0. The van der Waals surface area contributed by atoms with E-state index in [2.05, 4.69) is 95.1 Å². The van der Waals surface area contributed by atoms with Crippen LogP contribution in [0.25, 0.3) is 5.69 Å². The fourth-order valence-corrected chi connectivity index (χ4v) is 4.69. The summed E-state index contributed by atoms with van der Waals surface area (Å²) in [5.41, 5.74) is 5.95. The number of hydrogen-bond donors (Lipinski definition) is 1. The highest BCUT2D eigenvalue weighted by atomic mass is 32.1. The number of benzene rings is 1. The van der Waals surface area contributed by atoms with Crippen molar-refractivity contribution in [3.8, 4) is 5.69 Å². The predicted molar refractivity (Wildman–Crippen MR) is 126 cm³/mol. The molecule has 1 N–H and O–H groups in total. The van der Waals surface area contributed by atoms with Gasteiger partial charge in [0.2, 0.25) is 0 Å². The standard InChI is InChI=1S/C24H29N5S/c1-17-16-20(18(2)29(17)19-10-6-5-7-11-19)23-22(21-12-8-9-13-25-21)26-24(30)28(23)15-14-27(3)4/h5-13,16,22-23H,14-15H2,1-4H3,(H,26,30)/t22-,23+/m1/s1. The molecule has 6 heteroatoms. The molecule has 1 aliphatic rings. The van der Waals surface area contributed by atoms with Crippen LogP contribution in [-0.4, -0.2) is 51.6 Å². The van der Waals surface area contributed by atoms with Gasteiger partial charge in [-0.25, -0.2) is 0 Å². The van der Waals surface area contributed by atoms with Crippen LogP contribution in [0, 0.1) is 13.8 Å². The second kappa shape index (κ2) is 8.58. The number of nitrogens with one attached hydrogen (secondary N) is 1.